The molecule has 0 bridgehead atoms. The van der Waals surface area contributed by atoms with Gasteiger partial charge in [-0.15, -0.1) is 0 Å². The van der Waals surface area contributed by atoms with Crippen molar-refractivity contribution in [3.05, 3.63) is 40.7 Å². The Morgan fingerprint density at radius 1 is 1.35 bits per heavy atom. The maximum Gasteiger partial charge on any atom is 0.254 e. The van der Waals surface area contributed by atoms with Gasteiger partial charge in [-0.3, -0.25) is 9.59 Å². The summed E-state index contributed by atoms with van der Waals surface area (Å²) >= 11 is 0. The standard InChI is InChI=1S/C18H24N2O3/c1-4-13(2)19-17(21)10-7-11-23-16-12-18(22)20(3)15-9-6-5-8-14(15)16/h5-6,8-9,12-13H,4,7,10-11H2,1-3H3,(H,19,21). The Balaban J connectivity index is 1.97. The first kappa shape index (κ1) is 17.1. The monoisotopic (exact) mass is 316 g/mol. The number of nitrogens with one attached hydrogen (secondary N) is 1. The normalized spacial score (nSPS) is 12.1. The number of aromatic nitrogens is 1. The van der Waals surface area contributed by atoms with E-state index in [0.717, 1.165) is 17.3 Å². The van der Waals surface area contributed by atoms with Crippen LogP contribution in [0, 0.1) is 0 Å². The highest BCUT2D eigenvalue weighted by atomic mass is 16.5. The van der Waals surface area contributed by atoms with Gasteiger partial charge in [0.1, 0.15) is 5.75 Å². The number of amides is 1. The Kier molecular flexibility index (Phi) is 5.79. The number of rotatable bonds is 7. The van der Waals surface area contributed by atoms with E-state index in [1.807, 2.05) is 38.1 Å². The number of ether oxygens (including phenoxy) is 1. The number of hydrogen-bond donors (Lipinski definition) is 1. The maximum atomic E-state index is 12.0. The zero-order chi connectivity index (χ0) is 16.8. The molecule has 1 unspecified atom stereocenters. The van der Waals surface area contributed by atoms with Crippen LogP contribution in [0.4, 0.5) is 0 Å². The lowest BCUT2D eigenvalue weighted by atomic mass is 10.2. The third-order valence-corrected chi connectivity index (χ3v) is 3.94. The fourth-order valence-electron chi connectivity index (χ4n) is 2.36. The van der Waals surface area contributed by atoms with Gasteiger partial charge in [-0.1, -0.05) is 19.1 Å². The summed E-state index contributed by atoms with van der Waals surface area (Å²) in [5.74, 6) is 0.614. The van der Waals surface area contributed by atoms with Gasteiger partial charge in [-0.25, -0.2) is 0 Å². The van der Waals surface area contributed by atoms with Crippen molar-refractivity contribution in [1.29, 1.82) is 0 Å². The average molecular weight is 316 g/mol. The second kappa shape index (κ2) is 7.81. The molecule has 1 N–H and O–H groups in total. The molecule has 23 heavy (non-hydrogen) atoms. The molecule has 0 aliphatic carbocycles. The average Bonchev–Trinajstić information content (AvgIpc) is 2.55. The molecule has 5 heteroatoms. The van der Waals surface area contributed by atoms with Crippen LogP contribution < -0.4 is 15.6 Å². The van der Waals surface area contributed by atoms with Gasteiger partial charge in [0.15, 0.2) is 0 Å². The fraction of sp³-hybridized carbons (Fsp3) is 0.444. The largest absolute Gasteiger partial charge is 0.493 e. The number of pyridine rings is 1. The predicted octanol–water partition coefficient (Wildman–Crippen LogP) is 2.61. The van der Waals surface area contributed by atoms with E-state index in [-0.39, 0.29) is 17.5 Å². The number of nitrogens with zero attached hydrogens (tertiary/aromatic N) is 1. The highest BCUT2D eigenvalue weighted by Crippen LogP contribution is 2.23. The minimum atomic E-state index is -0.104. The molecular formula is C18H24N2O3. The van der Waals surface area contributed by atoms with Crippen LogP contribution in [-0.4, -0.2) is 23.1 Å². The van der Waals surface area contributed by atoms with Crippen molar-refractivity contribution in [3.63, 3.8) is 0 Å². The van der Waals surface area contributed by atoms with Gasteiger partial charge in [0.25, 0.3) is 5.56 Å². The van der Waals surface area contributed by atoms with Crippen molar-refractivity contribution in [2.45, 2.75) is 39.2 Å². The van der Waals surface area contributed by atoms with Crippen molar-refractivity contribution in [1.82, 2.24) is 9.88 Å². The van der Waals surface area contributed by atoms with Crippen LogP contribution in [0.3, 0.4) is 0 Å². The lowest BCUT2D eigenvalue weighted by molar-refractivity contribution is -0.121. The van der Waals surface area contributed by atoms with E-state index in [2.05, 4.69) is 5.32 Å². The summed E-state index contributed by atoms with van der Waals surface area (Å²) in [7, 11) is 1.74. The van der Waals surface area contributed by atoms with Gasteiger partial charge < -0.3 is 14.6 Å². The van der Waals surface area contributed by atoms with Crippen LogP contribution in [-0.2, 0) is 11.8 Å². The molecule has 1 atom stereocenters. The molecule has 1 aromatic carbocycles. The quantitative estimate of drug-likeness (QED) is 0.799. The van der Waals surface area contributed by atoms with Gasteiger partial charge >= 0.3 is 0 Å². The van der Waals surface area contributed by atoms with Gasteiger partial charge in [0.05, 0.1) is 12.1 Å². The maximum absolute atomic E-state index is 12.0. The molecule has 5 nitrogen and oxygen atoms in total. The molecule has 0 spiro atoms. The molecule has 2 aromatic rings. The van der Waals surface area contributed by atoms with Gasteiger partial charge in [0.2, 0.25) is 5.91 Å². The second-order valence-electron chi connectivity index (χ2n) is 5.75. The topological polar surface area (TPSA) is 60.3 Å². The molecule has 0 radical (unpaired) electrons. The van der Waals surface area contributed by atoms with Gasteiger partial charge in [0, 0.05) is 31.0 Å². The lowest BCUT2D eigenvalue weighted by Gasteiger charge is -2.13. The van der Waals surface area contributed by atoms with E-state index in [0.29, 0.717) is 25.2 Å². The number of aryl methyl sites for hydroxylation is 1. The van der Waals surface area contributed by atoms with E-state index in [1.54, 1.807) is 11.6 Å². The van der Waals surface area contributed by atoms with Crippen LogP contribution in [0.15, 0.2) is 35.1 Å². The van der Waals surface area contributed by atoms with Crippen molar-refractivity contribution in [2.24, 2.45) is 7.05 Å². The van der Waals surface area contributed by atoms with Crippen LogP contribution >= 0.6 is 0 Å². The number of carbonyl (C=O) groups excluding carboxylic acids is 1. The molecule has 124 valence electrons. The summed E-state index contributed by atoms with van der Waals surface area (Å²) < 4.78 is 7.34. The third kappa shape index (κ3) is 4.34. The molecule has 1 heterocycles. The summed E-state index contributed by atoms with van der Waals surface area (Å²) in [6.07, 6.45) is 1.96. The smallest absolute Gasteiger partial charge is 0.254 e. The van der Waals surface area contributed by atoms with Crippen molar-refractivity contribution in [2.75, 3.05) is 6.61 Å². The van der Waals surface area contributed by atoms with E-state index in [9.17, 15) is 9.59 Å². The number of para-hydroxylation sites is 1. The number of hydrogen-bond acceptors (Lipinski definition) is 3. The third-order valence-electron chi connectivity index (χ3n) is 3.94. The van der Waals surface area contributed by atoms with Crippen molar-refractivity contribution < 1.29 is 9.53 Å². The SMILES string of the molecule is CCC(C)NC(=O)CCCOc1cc(=O)n(C)c2ccccc12. The van der Waals surface area contributed by atoms with Crippen molar-refractivity contribution >= 4 is 16.8 Å². The Hall–Kier alpha value is -2.30. The molecular weight excluding hydrogens is 292 g/mol. The minimum absolute atomic E-state index is 0.0387. The Morgan fingerprint density at radius 3 is 2.83 bits per heavy atom. The minimum Gasteiger partial charge on any atom is -0.493 e. The fourth-order valence-corrected chi connectivity index (χ4v) is 2.36. The summed E-state index contributed by atoms with van der Waals surface area (Å²) in [6, 6.07) is 9.33. The van der Waals surface area contributed by atoms with E-state index in [4.69, 9.17) is 4.74 Å². The molecule has 1 amide bonds. The summed E-state index contributed by atoms with van der Waals surface area (Å²) in [6.45, 7) is 4.43. The highest BCUT2D eigenvalue weighted by Gasteiger charge is 2.08. The summed E-state index contributed by atoms with van der Waals surface area (Å²) in [4.78, 5) is 23.7. The molecule has 0 saturated carbocycles. The van der Waals surface area contributed by atoms with Crippen molar-refractivity contribution in [3.8, 4) is 5.75 Å². The van der Waals surface area contributed by atoms with Gasteiger partial charge in [-0.05, 0) is 31.9 Å². The number of carbonyl (C=O) groups is 1. The van der Waals surface area contributed by atoms with E-state index in [1.165, 1.54) is 6.07 Å². The summed E-state index contributed by atoms with van der Waals surface area (Å²) in [5, 5.41) is 3.83. The molecule has 0 aliphatic heterocycles. The second-order valence-corrected chi connectivity index (χ2v) is 5.75. The molecule has 1 aromatic heterocycles. The van der Waals surface area contributed by atoms with E-state index < -0.39 is 0 Å². The first-order chi connectivity index (χ1) is 11.0. The number of benzene rings is 1. The molecule has 2 rings (SSSR count). The predicted molar refractivity (Wildman–Crippen MR) is 91.8 cm³/mol. The van der Waals surface area contributed by atoms with Crippen LogP contribution in [0.5, 0.6) is 5.75 Å². The first-order valence-electron chi connectivity index (χ1n) is 8.04. The zero-order valence-corrected chi connectivity index (χ0v) is 14.0. The molecule has 0 fully saturated rings. The van der Waals surface area contributed by atoms with Crippen LogP contribution in [0.1, 0.15) is 33.1 Å². The van der Waals surface area contributed by atoms with E-state index >= 15 is 0 Å². The van der Waals surface area contributed by atoms with Crippen LogP contribution in [0.25, 0.3) is 10.9 Å². The Labute approximate surface area is 136 Å². The molecule has 0 saturated heterocycles. The Bertz CT molecular complexity index is 737. The summed E-state index contributed by atoms with van der Waals surface area (Å²) in [5.41, 5.74) is 0.734. The van der Waals surface area contributed by atoms with Crippen LogP contribution in [0.2, 0.25) is 0 Å². The van der Waals surface area contributed by atoms with Gasteiger partial charge in [-0.2, -0.15) is 0 Å². The Morgan fingerprint density at radius 2 is 2.09 bits per heavy atom. The molecule has 0 aliphatic rings. The number of fused-ring (bicyclic) bond motifs is 1. The first-order valence-corrected chi connectivity index (χ1v) is 8.04. The zero-order valence-electron chi connectivity index (χ0n) is 14.0. The highest BCUT2D eigenvalue weighted by molar-refractivity contribution is 5.85. The lowest BCUT2D eigenvalue weighted by Crippen LogP contribution is -2.31.